The van der Waals surface area contributed by atoms with Crippen molar-refractivity contribution in [3.63, 3.8) is 0 Å². The number of hydrogen-bond acceptors (Lipinski definition) is 4. The van der Waals surface area contributed by atoms with Crippen molar-refractivity contribution in [3.05, 3.63) is 59.7 Å². The molecule has 142 valence electrons. The number of methoxy groups -OCH3 is 1. The maximum Gasteiger partial charge on any atom is 0.418 e. The van der Waals surface area contributed by atoms with E-state index >= 15 is 0 Å². The standard InChI is InChI=1S/C18H15F3N2O4/c1-27-17(26)11-6-2-4-8-13(11)22-15(24)10-16(25)23-14-9-5-3-7-12(14)18(19,20)21/h2-9H,10H2,1H3,(H,22,24)(H,23,25). The summed E-state index contributed by atoms with van der Waals surface area (Å²) in [6.07, 6.45) is -5.38. The highest BCUT2D eigenvalue weighted by Crippen LogP contribution is 2.34. The summed E-state index contributed by atoms with van der Waals surface area (Å²) in [4.78, 5) is 35.6. The molecule has 6 nitrogen and oxygen atoms in total. The molecule has 2 aromatic carbocycles. The lowest BCUT2D eigenvalue weighted by molar-refractivity contribution is -0.137. The summed E-state index contributed by atoms with van der Waals surface area (Å²) in [6.45, 7) is 0. The van der Waals surface area contributed by atoms with Crippen molar-refractivity contribution >= 4 is 29.2 Å². The van der Waals surface area contributed by atoms with E-state index in [1.165, 1.54) is 31.4 Å². The molecule has 0 unspecified atom stereocenters. The summed E-state index contributed by atoms with van der Waals surface area (Å²) in [5, 5.41) is 4.44. The van der Waals surface area contributed by atoms with Crippen LogP contribution in [0.1, 0.15) is 22.3 Å². The molecular weight excluding hydrogens is 365 g/mol. The molecule has 0 aliphatic rings. The summed E-state index contributed by atoms with van der Waals surface area (Å²) < 4.78 is 43.4. The molecule has 2 rings (SSSR count). The van der Waals surface area contributed by atoms with Gasteiger partial charge in [0.15, 0.2) is 0 Å². The van der Waals surface area contributed by atoms with Crippen LogP contribution in [0.2, 0.25) is 0 Å². The zero-order valence-electron chi connectivity index (χ0n) is 14.1. The number of carbonyl (C=O) groups excluding carboxylic acids is 3. The molecule has 2 aromatic rings. The normalized spacial score (nSPS) is 10.8. The van der Waals surface area contributed by atoms with Gasteiger partial charge in [-0.1, -0.05) is 24.3 Å². The van der Waals surface area contributed by atoms with Crippen molar-refractivity contribution in [1.29, 1.82) is 0 Å². The molecule has 27 heavy (non-hydrogen) atoms. The maximum atomic E-state index is 12.9. The molecule has 0 atom stereocenters. The van der Waals surface area contributed by atoms with Crippen LogP contribution < -0.4 is 10.6 Å². The van der Waals surface area contributed by atoms with Gasteiger partial charge in [-0.3, -0.25) is 9.59 Å². The Morgan fingerprint density at radius 2 is 1.41 bits per heavy atom. The number of nitrogens with one attached hydrogen (secondary N) is 2. The van der Waals surface area contributed by atoms with Crippen LogP contribution in [0.25, 0.3) is 0 Å². The van der Waals surface area contributed by atoms with Gasteiger partial charge < -0.3 is 15.4 Å². The Bertz CT molecular complexity index is 866. The van der Waals surface area contributed by atoms with Crippen molar-refractivity contribution < 1.29 is 32.3 Å². The number of esters is 1. The van der Waals surface area contributed by atoms with Crippen LogP contribution >= 0.6 is 0 Å². The largest absolute Gasteiger partial charge is 0.465 e. The van der Waals surface area contributed by atoms with Gasteiger partial charge in [0.1, 0.15) is 6.42 Å². The number of carbonyl (C=O) groups is 3. The molecule has 0 bridgehead atoms. The number of alkyl halides is 3. The van der Waals surface area contributed by atoms with E-state index in [4.69, 9.17) is 0 Å². The van der Waals surface area contributed by atoms with Gasteiger partial charge in [0.25, 0.3) is 0 Å². The summed E-state index contributed by atoms with van der Waals surface area (Å²) in [7, 11) is 1.17. The molecule has 0 radical (unpaired) electrons. The van der Waals surface area contributed by atoms with Crippen LogP contribution in [0.3, 0.4) is 0 Å². The average molecular weight is 380 g/mol. The van der Waals surface area contributed by atoms with Gasteiger partial charge in [0.2, 0.25) is 11.8 Å². The summed E-state index contributed by atoms with van der Waals surface area (Å²) in [5.74, 6) is -2.41. The third kappa shape index (κ3) is 5.30. The fourth-order valence-corrected chi connectivity index (χ4v) is 2.25. The first kappa shape index (κ1) is 20.0. The first-order valence-electron chi connectivity index (χ1n) is 7.65. The molecular formula is C18H15F3N2O4. The molecule has 0 aromatic heterocycles. The highest BCUT2D eigenvalue weighted by molar-refractivity contribution is 6.10. The summed E-state index contributed by atoms with van der Waals surface area (Å²) in [6, 6.07) is 10.4. The number of anilines is 2. The first-order chi connectivity index (χ1) is 12.7. The zero-order chi connectivity index (χ0) is 20.0. The Balaban J connectivity index is 2.06. The monoisotopic (exact) mass is 380 g/mol. The molecule has 0 aliphatic heterocycles. The van der Waals surface area contributed by atoms with Crippen molar-refractivity contribution in [2.75, 3.05) is 17.7 Å². The molecule has 9 heteroatoms. The minimum absolute atomic E-state index is 0.0798. The number of rotatable bonds is 5. The Labute approximate surface area is 152 Å². The molecule has 0 heterocycles. The predicted octanol–water partition coefficient (Wildman–Crippen LogP) is 3.46. The van der Waals surface area contributed by atoms with Gasteiger partial charge >= 0.3 is 12.1 Å². The quantitative estimate of drug-likeness (QED) is 0.615. The summed E-state index contributed by atoms with van der Waals surface area (Å²) in [5.41, 5.74) is -1.26. The minimum atomic E-state index is -4.65. The van der Waals surface area contributed by atoms with Crippen molar-refractivity contribution in [3.8, 4) is 0 Å². The Kier molecular flexibility index (Phi) is 6.17. The fourth-order valence-electron chi connectivity index (χ4n) is 2.25. The molecule has 0 fully saturated rings. The van der Waals surface area contributed by atoms with Crippen LogP contribution in [0, 0.1) is 0 Å². The lowest BCUT2D eigenvalue weighted by Gasteiger charge is -2.13. The van der Waals surface area contributed by atoms with Crippen LogP contribution in [-0.4, -0.2) is 24.9 Å². The highest BCUT2D eigenvalue weighted by Gasteiger charge is 2.33. The van der Waals surface area contributed by atoms with E-state index in [0.717, 1.165) is 12.1 Å². The molecule has 0 saturated carbocycles. The van der Waals surface area contributed by atoms with E-state index in [-0.39, 0.29) is 11.3 Å². The maximum absolute atomic E-state index is 12.9. The molecule has 0 saturated heterocycles. The van der Waals surface area contributed by atoms with Crippen LogP contribution in [0.5, 0.6) is 0 Å². The number of ether oxygens (including phenoxy) is 1. The predicted molar refractivity (Wildman–Crippen MR) is 91.1 cm³/mol. The van der Waals surface area contributed by atoms with Crippen LogP contribution in [0.4, 0.5) is 24.5 Å². The highest BCUT2D eigenvalue weighted by atomic mass is 19.4. The van der Waals surface area contributed by atoms with Gasteiger partial charge in [0.05, 0.1) is 29.6 Å². The van der Waals surface area contributed by atoms with E-state index in [0.29, 0.717) is 0 Å². The van der Waals surface area contributed by atoms with E-state index < -0.39 is 41.6 Å². The second-order valence-corrected chi connectivity index (χ2v) is 5.35. The smallest absolute Gasteiger partial charge is 0.418 e. The van der Waals surface area contributed by atoms with E-state index in [1.54, 1.807) is 12.1 Å². The van der Waals surface area contributed by atoms with E-state index in [2.05, 4.69) is 15.4 Å². The number of benzene rings is 2. The number of halogens is 3. The van der Waals surface area contributed by atoms with Gasteiger partial charge in [-0.2, -0.15) is 13.2 Å². The van der Waals surface area contributed by atoms with Crippen molar-refractivity contribution in [2.45, 2.75) is 12.6 Å². The summed E-state index contributed by atoms with van der Waals surface area (Å²) >= 11 is 0. The lowest BCUT2D eigenvalue weighted by Crippen LogP contribution is -2.23. The Morgan fingerprint density at radius 3 is 2.00 bits per heavy atom. The second kappa shape index (κ2) is 8.35. The number of hydrogen-bond donors (Lipinski definition) is 2. The van der Waals surface area contributed by atoms with Crippen molar-refractivity contribution in [2.24, 2.45) is 0 Å². The molecule has 2 N–H and O–H groups in total. The zero-order valence-corrected chi connectivity index (χ0v) is 14.1. The molecule has 0 spiro atoms. The van der Waals surface area contributed by atoms with Gasteiger partial charge in [-0.05, 0) is 24.3 Å². The van der Waals surface area contributed by atoms with E-state index in [9.17, 15) is 27.6 Å². The first-order valence-corrected chi connectivity index (χ1v) is 7.65. The molecule has 0 aliphatic carbocycles. The average Bonchev–Trinajstić information content (AvgIpc) is 2.60. The van der Waals surface area contributed by atoms with Gasteiger partial charge in [-0.15, -0.1) is 0 Å². The second-order valence-electron chi connectivity index (χ2n) is 5.35. The van der Waals surface area contributed by atoms with Crippen molar-refractivity contribution in [1.82, 2.24) is 0 Å². The Morgan fingerprint density at radius 1 is 0.889 bits per heavy atom. The lowest BCUT2D eigenvalue weighted by atomic mass is 10.1. The Hall–Kier alpha value is -3.36. The molecule has 2 amide bonds. The van der Waals surface area contributed by atoms with Gasteiger partial charge in [-0.25, -0.2) is 4.79 Å². The number of amides is 2. The van der Waals surface area contributed by atoms with Gasteiger partial charge in [0, 0.05) is 0 Å². The SMILES string of the molecule is COC(=O)c1ccccc1NC(=O)CC(=O)Nc1ccccc1C(F)(F)F. The third-order valence-corrected chi connectivity index (χ3v) is 3.43. The van der Waals surface area contributed by atoms with Crippen LogP contribution in [0.15, 0.2) is 48.5 Å². The minimum Gasteiger partial charge on any atom is -0.465 e. The fraction of sp³-hybridized carbons (Fsp3) is 0.167. The number of para-hydroxylation sites is 2. The third-order valence-electron chi connectivity index (χ3n) is 3.43. The topological polar surface area (TPSA) is 84.5 Å². The van der Waals surface area contributed by atoms with E-state index in [1.807, 2.05) is 0 Å². The van der Waals surface area contributed by atoms with Crippen LogP contribution in [-0.2, 0) is 20.5 Å².